The number of carbonyl (C=O) groups is 3. The summed E-state index contributed by atoms with van der Waals surface area (Å²) in [6, 6.07) is 25.0. The van der Waals surface area contributed by atoms with Crippen LogP contribution in [0.4, 0.5) is 5.69 Å². The minimum atomic E-state index is -0.432. The van der Waals surface area contributed by atoms with Gasteiger partial charge in [-0.05, 0) is 67.5 Å². The maximum atomic E-state index is 13.4. The van der Waals surface area contributed by atoms with Crippen LogP contribution in [0, 0.1) is 0 Å². The van der Waals surface area contributed by atoms with Crippen molar-refractivity contribution >= 4 is 23.4 Å². The SMILES string of the molecule is COc1ccccc1N(Cc1cccc(C(=O)NCCCCc2ccccc2)c1)C(=O)CCCCCC(=O)NO. The quantitative estimate of drug-likeness (QED) is 0.126. The zero-order valence-corrected chi connectivity index (χ0v) is 23.1. The van der Waals surface area contributed by atoms with Crippen molar-refractivity contribution in [3.63, 3.8) is 0 Å². The number of hydrogen-bond acceptors (Lipinski definition) is 5. The van der Waals surface area contributed by atoms with Gasteiger partial charge in [-0.25, -0.2) is 5.48 Å². The van der Waals surface area contributed by atoms with Gasteiger partial charge in [0.05, 0.1) is 19.3 Å². The Balaban J connectivity index is 1.60. The molecule has 0 aliphatic heterocycles. The van der Waals surface area contributed by atoms with E-state index in [0.717, 1.165) is 24.8 Å². The third-order valence-electron chi connectivity index (χ3n) is 6.65. The Morgan fingerprint density at radius 1 is 0.800 bits per heavy atom. The molecule has 3 amide bonds. The Morgan fingerprint density at radius 2 is 1.52 bits per heavy atom. The molecule has 0 radical (unpaired) electrons. The van der Waals surface area contributed by atoms with Crippen LogP contribution in [0.1, 0.15) is 66.4 Å². The molecule has 0 aromatic heterocycles. The Morgan fingerprint density at radius 3 is 2.30 bits per heavy atom. The fourth-order valence-corrected chi connectivity index (χ4v) is 4.49. The maximum absolute atomic E-state index is 13.4. The molecule has 0 saturated carbocycles. The number of hydroxylamine groups is 1. The molecule has 40 heavy (non-hydrogen) atoms. The standard InChI is InChI=1S/C32H39N3O5/c1-40-29-19-9-8-18-28(29)35(31(37)21-7-3-6-20-30(36)34-39)24-26-16-12-17-27(23-26)32(38)33-22-11-10-15-25-13-4-2-5-14-25/h2,4-5,8-9,12-14,16-19,23,39H,3,6-7,10-11,15,20-22,24H2,1H3,(H,33,38)(H,34,36). The van der Waals surface area contributed by atoms with Gasteiger partial charge in [0.1, 0.15) is 5.75 Å². The van der Waals surface area contributed by atoms with Crippen LogP contribution in [-0.2, 0) is 22.6 Å². The van der Waals surface area contributed by atoms with E-state index < -0.39 is 5.91 Å². The lowest BCUT2D eigenvalue weighted by Gasteiger charge is -2.25. The number of anilines is 1. The van der Waals surface area contributed by atoms with E-state index in [0.29, 0.717) is 49.2 Å². The van der Waals surface area contributed by atoms with E-state index in [9.17, 15) is 14.4 Å². The predicted octanol–water partition coefficient (Wildman–Crippen LogP) is 5.44. The van der Waals surface area contributed by atoms with Crippen LogP contribution >= 0.6 is 0 Å². The molecule has 0 heterocycles. The normalized spacial score (nSPS) is 10.6. The summed E-state index contributed by atoms with van der Waals surface area (Å²) >= 11 is 0. The molecule has 3 rings (SSSR count). The van der Waals surface area contributed by atoms with Gasteiger partial charge in [-0.3, -0.25) is 19.6 Å². The predicted molar refractivity (Wildman–Crippen MR) is 155 cm³/mol. The van der Waals surface area contributed by atoms with E-state index >= 15 is 0 Å². The highest BCUT2D eigenvalue weighted by atomic mass is 16.5. The van der Waals surface area contributed by atoms with Gasteiger partial charge in [0, 0.05) is 24.9 Å². The summed E-state index contributed by atoms with van der Waals surface area (Å²) in [4.78, 5) is 39.1. The highest BCUT2D eigenvalue weighted by Crippen LogP contribution is 2.30. The van der Waals surface area contributed by atoms with E-state index in [4.69, 9.17) is 9.94 Å². The molecule has 0 aliphatic rings. The number of unbranched alkanes of at least 4 members (excludes halogenated alkanes) is 3. The van der Waals surface area contributed by atoms with Crippen molar-refractivity contribution in [2.24, 2.45) is 0 Å². The lowest BCUT2D eigenvalue weighted by molar-refractivity contribution is -0.129. The van der Waals surface area contributed by atoms with E-state index in [1.165, 1.54) is 5.56 Å². The zero-order valence-electron chi connectivity index (χ0n) is 23.1. The summed E-state index contributed by atoms with van der Waals surface area (Å²) in [5.74, 6) is -0.0639. The third-order valence-corrected chi connectivity index (χ3v) is 6.65. The molecule has 3 aromatic carbocycles. The number of rotatable bonds is 16. The molecular formula is C32H39N3O5. The number of para-hydroxylation sites is 2. The van der Waals surface area contributed by atoms with Gasteiger partial charge in [-0.1, -0.05) is 61.0 Å². The first-order valence-electron chi connectivity index (χ1n) is 13.8. The van der Waals surface area contributed by atoms with E-state index in [1.807, 2.05) is 60.7 Å². The molecule has 212 valence electrons. The lowest BCUT2D eigenvalue weighted by atomic mass is 10.1. The first kappa shape index (κ1) is 30.4. The largest absolute Gasteiger partial charge is 0.495 e. The fraction of sp³-hybridized carbons (Fsp3) is 0.344. The van der Waals surface area contributed by atoms with Crippen molar-refractivity contribution in [2.45, 2.75) is 57.9 Å². The maximum Gasteiger partial charge on any atom is 0.251 e. The summed E-state index contributed by atoms with van der Waals surface area (Å²) in [5, 5.41) is 11.6. The van der Waals surface area contributed by atoms with Crippen LogP contribution in [0.5, 0.6) is 5.75 Å². The molecular weight excluding hydrogens is 506 g/mol. The van der Waals surface area contributed by atoms with Crippen molar-refractivity contribution in [1.29, 1.82) is 0 Å². The number of nitrogens with one attached hydrogen (secondary N) is 2. The zero-order chi connectivity index (χ0) is 28.6. The van der Waals surface area contributed by atoms with Crippen molar-refractivity contribution < 1.29 is 24.3 Å². The van der Waals surface area contributed by atoms with Gasteiger partial charge in [-0.2, -0.15) is 0 Å². The second-order valence-electron chi connectivity index (χ2n) is 9.65. The summed E-state index contributed by atoms with van der Waals surface area (Å²) in [7, 11) is 1.57. The molecule has 3 N–H and O–H groups in total. The average Bonchev–Trinajstić information content (AvgIpc) is 2.99. The summed E-state index contributed by atoms with van der Waals surface area (Å²) < 4.78 is 5.52. The monoisotopic (exact) mass is 545 g/mol. The minimum absolute atomic E-state index is 0.0793. The molecule has 3 aromatic rings. The van der Waals surface area contributed by atoms with E-state index in [2.05, 4.69) is 17.4 Å². The Bertz CT molecular complexity index is 1230. The van der Waals surface area contributed by atoms with Crippen molar-refractivity contribution in [2.75, 3.05) is 18.6 Å². The van der Waals surface area contributed by atoms with Crippen molar-refractivity contribution in [3.8, 4) is 5.75 Å². The van der Waals surface area contributed by atoms with Crippen LogP contribution in [0.25, 0.3) is 0 Å². The second-order valence-corrected chi connectivity index (χ2v) is 9.65. The molecule has 0 fully saturated rings. The Kier molecular flexibility index (Phi) is 12.7. The fourth-order valence-electron chi connectivity index (χ4n) is 4.49. The molecule has 0 spiro atoms. The van der Waals surface area contributed by atoms with Crippen LogP contribution in [0.15, 0.2) is 78.9 Å². The van der Waals surface area contributed by atoms with Crippen LogP contribution in [0.3, 0.4) is 0 Å². The van der Waals surface area contributed by atoms with Gasteiger partial charge in [0.15, 0.2) is 0 Å². The van der Waals surface area contributed by atoms with Gasteiger partial charge in [0.25, 0.3) is 5.91 Å². The molecule has 0 saturated heterocycles. The topological polar surface area (TPSA) is 108 Å². The van der Waals surface area contributed by atoms with Gasteiger partial charge in [-0.15, -0.1) is 0 Å². The first-order valence-corrected chi connectivity index (χ1v) is 13.8. The molecule has 8 heteroatoms. The number of benzene rings is 3. The Hall–Kier alpha value is -4.17. The number of nitrogens with zero attached hydrogens (tertiary/aromatic N) is 1. The number of ether oxygens (including phenoxy) is 1. The minimum Gasteiger partial charge on any atom is -0.495 e. The number of methoxy groups -OCH3 is 1. The van der Waals surface area contributed by atoms with Crippen molar-refractivity contribution in [1.82, 2.24) is 10.8 Å². The number of aryl methyl sites for hydroxylation is 1. The number of carbonyl (C=O) groups excluding carboxylic acids is 3. The van der Waals surface area contributed by atoms with Crippen molar-refractivity contribution in [3.05, 3.63) is 95.6 Å². The summed E-state index contributed by atoms with van der Waals surface area (Å²) in [6.07, 6.45) is 5.24. The molecule has 0 aliphatic carbocycles. The molecule has 0 unspecified atom stereocenters. The molecule has 0 atom stereocenters. The number of hydrogen-bond donors (Lipinski definition) is 3. The van der Waals surface area contributed by atoms with Gasteiger partial charge < -0.3 is 15.0 Å². The highest BCUT2D eigenvalue weighted by Gasteiger charge is 2.20. The van der Waals surface area contributed by atoms with Gasteiger partial charge in [0.2, 0.25) is 11.8 Å². The number of amides is 3. The van der Waals surface area contributed by atoms with E-state index in [-0.39, 0.29) is 24.8 Å². The average molecular weight is 546 g/mol. The molecule has 0 bridgehead atoms. The van der Waals surface area contributed by atoms with Crippen LogP contribution in [-0.4, -0.2) is 36.6 Å². The smallest absolute Gasteiger partial charge is 0.251 e. The Labute approximate surface area is 236 Å². The lowest BCUT2D eigenvalue weighted by Crippen LogP contribution is -2.31. The van der Waals surface area contributed by atoms with Crippen LogP contribution < -0.4 is 20.4 Å². The van der Waals surface area contributed by atoms with E-state index in [1.54, 1.807) is 23.6 Å². The van der Waals surface area contributed by atoms with Crippen LogP contribution in [0.2, 0.25) is 0 Å². The third kappa shape index (κ3) is 9.85. The summed E-state index contributed by atoms with van der Waals surface area (Å²) in [5.41, 5.74) is 4.96. The van der Waals surface area contributed by atoms with Gasteiger partial charge >= 0.3 is 0 Å². The summed E-state index contributed by atoms with van der Waals surface area (Å²) in [6.45, 7) is 0.881. The first-order chi connectivity index (χ1) is 19.5. The molecule has 8 nitrogen and oxygen atoms in total. The second kappa shape index (κ2) is 16.7. The highest BCUT2D eigenvalue weighted by molar-refractivity contribution is 5.96.